The van der Waals surface area contributed by atoms with E-state index in [-0.39, 0.29) is 35.6 Å². The van der Waals surface area contributed by atoms with Crippen LogP contribution in [0.15, 0.2) is 72.0 Å². The molecule has 2 aromatic carbocycles. The number of carbonyl (C=O) groups is 2. The molecule has 1 heterocycles. The normalized spacial score (nSPS) is 22.5. The van der Waals surface area contributed by atoms with Crippen LogP contribution in [0.4, 0.5) is 11.4 Å². The van der Waals surface area contributed by atoms with Crippen molar-refractivity contribution < 1.29 is 14.3 Å². The Morgan fingerprint density at radius 3 is 2.62 bits per heavy atom. The fourth-order valence-electron chi connectivity index (χ4n) is 6.02. The first-order valence-corrected chi connectivity index (χ1v) is 13.3. The molecular weight excluding hydrogens is 462 g/mol. The van der Waals surface area contributed by atoms with Crippen LogP contribution in [0.25, 0.3) is 0 Å². The number of hydrogen-bond donors (Lipinski definition) is 2. The van der Waals surface area contributed by atoms with Gasteiger partial charge in [0.15, 0.2) is 5.78 Å². The molecular formula is C31H37N3O3. The lowest BCUT2D eigenvalue weighted by molar-refractivity contribution is -0.121. The summed E-state index contributed by atoms with van der Waals surface area (Å²) in [4.78, 5) is 29.3. The van der Waals surface area contributed by atoms with Crippen LogP contribution in [0, 0.1) is 11.3 Å². The van der Waals surface area contributed by atoms with Gasteiger partial charge < -0.3 is 20.3 Å². The molecule has 6 heteroatoms. The summed E-state index contributed by atoms with van der Waals surface area (Å²) >= 11 is 0. The predicted octanol–water partition coefficient (Wildman–Crippen LogP) is 5.61. The second kappa shape index (κ2) is 10.4. The summed E-state index contributed by atoms with van der Waals surface area (Å²) in [7, 11) is 1.64. The van der Waals surface area contributed by atoms with E-state index >= 15 is 0 Å². The number of carbonyl (C=O) groups excluding carboxylic acids is 2. The van der Waals surface area contributed by atoms with Crippen molar-refractivity contribution in [1.82, 2.24) is 5.32 Å². The first-order chi connectivity index (χ1) is 17.8. The second-order valence-electron chi connectivity index (χ2n) is 11.2. The molecule has 2 atom stereocenters. The molecule has 37 heavy (non-hydrogen) atoms. The molecule has 0 radical (unpaired) electrons. The molecule has 0 aromatic heterocycles. The van der Waals surface area contributed by atoms with Crippen LogP contribution in [0.1, 0.15) is 51.5 Å². The number of nitrogens with zero attached hydrogens (tertiary/aromatic N) is 1. The smallest absolute Gasteiger partial charge is 0.239 e. The fourth-order valence-corrected chi connectivity index (χ4v) is 6.02. The van der Waals surface area contributed by atoms with E-state index in [0.29, 0.717) is 13.0 Å². The van der Waals surface area contributed by atoms with E-state index in [9.17, 15) is 9.59 Å². The van der Waals surface area contributed by atoms with Crippen molar-refractivity contribution >= 4 is 23.1 Å². The summed E-state index contributed by atoms with van der Waals surface area (Å²) in [5.74, 6) is 1.20. The highest BCUT2D eigenvalue weighted by molar-refractivity contribution is 6.01. The van der Waals surface area contributed by atoms with Gasteiger partial charge in [0.05, 0.1) is 31.1 Å². The van der Waals surface area contributed by atoms with Gasteiger partial charge >= 0.3 is 0 Å². The average Bonchev–Trinajstić information content (AvgIpc) is 3.02. The minimum Gasteiger partial charge on any atom is -0.497 e. The molecule has 0 saturated heterocycles. The number of rotatable bonds is 6. The van der Waals surface area contributed by atoms with Crippen molar-refractivity contribution in [1.29, 1.82) is 0 Å². The third-order valence-electron chi connectivity index (χ3n) is 7.77. The lowest BCUT2D eigenvalue weighted by Crippen LogP contribution is -2.49. The Hall–Kier alpha value is -3.54. The summed E-state index contributed by atoms with van der Waals surface area (Å²) in [6.07, 6.45) is 8.71. The van der Waals surface area contributed by atoms with Gasteiger partial charge in [-0.2, -0.15) is 0 Å². The van der Waals surface area contributed by atoms with Crippen LogP contribution in [-0.2, 0) is 16.1 Å². The summed E-state index contributed by atoms with van der Waals surface area (Å²) in [5.41, 5.74) is 4.74. The van der Waals surface area contributed by atoms with Crippen molar-refractivity contribution in [2.24, 2.45) is 11.3 Å². The third-order valence-corrected chi connectivity index (χ3v) is 7.77. The van der Waals surface area contributed by atoms with Crippen molar-refractivity contribution in [3.8, 4) is 5.75 Å². The predicted molar refractivity (Wildman–Crippen MR) is 148 cm³/mol. The van der Waals surface area contributed by atoms with Crippen LogP contribution in [-0.4, -0.2) is 31.4 Å². The molecule has 1 aliphatic heterocycles. The summed E-state index contributed by atoms with van der Waals surface area (Å²) in [6.45, 7) is 4.95. The van der Waals surface area contributed by atoms with Gasteiger partial charge in [-0.25, -0.2) is 0 Å². The quantitative estimate of drug-likeness (QED) is 0.506. The zero-order valence-electron chi connectivity index (χ0n) is 22.0. The maximum absolute atomic E-state index is 13.7. The molecule has 0 fully saturated rings. The summed E-state index contributed by atoms with van der Waals surface area (Å²) in [6, 6.07) is 15.7. The highest BCUT2D eigenvalue weighted by Crippen LogP contribution is 2.46. The van der Waals surface area contributed by atoms with E-state index in [2.05, 4.69) is 53.7 Å². The van der Waals surface area contributed by atoms with E-state index in [0.717, 1.165) is 59.6 Å². The Balaban J connectivity index is 1.48. The highest BCUT2D eigenvalue weighted by atomic mass is 16.5. The molecule has 0 unspecified atom stereocenters. The van der Waals surface area contributed by atoms with Crippen molar-refractivity contribution in [2.75, 3.05) is 23.9 Å². The topological polar surface area (TPSA) is 70.7 Å². The van der Waals surface area contributed by atoms with E-state index in [1.54, 1.807) is 7.11 Å². The maximum Gasteiger partial charge on any atom is 0.239 e. The zero-order valence-corrected chi connectivity index (χ0v) is 22.0. The fraction of sp³-hybridized carbons (Fsp3) is 0.419. The first-order valence-electron chi connectivity index (χ1n) is 13.3. The molecule has 6 nitrogen and oxygen atoms in total. The van der Waals surface area contributed by atoms with Gasteiger partial charge in [-0.15, -0.1) is 0 Å². The lowest BCUT2D eigenvalue weighted by Gasteiger charge is -2.41. The Labute approximate surface area is 219 Å². The Morgan fingerprint density at radius 1 is 1.11 bits per heavy atom. The number of allylic oxidation sites excluding steroid dienone is 3. The number of amides is 1. The van der Waals surface area contributed by atoms with Crippen molar-refractivity contribution in [3.63, 3.8) is 0 Å². The number of fused-ring (bicyclic) bond motifs is 1. The zero-order chi connectivity index (χ0) is 26.0. The van der Waals surface area contributed by atoms with Gasteiger partial charge in [-0.3, -0.25) is 9.59 Å². The molecule has 3 aliphatic rings. The summed E-state index contributed by atoms with van der Waals surface area (Å²) in [5, 5.41) is 6.74. The number of benzene rings is 2. The van der Waals surface area contributed by atoms with Crippen LogP contribution in [0.5, 0.6) is 5.75 Å². The summed E-state index contributed by atoms with van der Waals surface area (Å²) < 4.78 is 5.24. The molecule has 2 aromatic rings. The van der Waals surface area contributed by atoms with Crippen LogP contribution in [0.3, 0.4) is 0 Å². The van der Waals surface area contributed by atoms with Gasteiger partial charge in [-0.05, 0) is 66.8 Å². The van der Waals surface area contributed by atoms with E-state index < -0.39 is 0 Å². The van der Waals surface area contributed by atoms with Crippen molar-refractivity contribution in [3.05, 3.63) is 77.5 Å². The number of methoxy groups -OCH3 is 1. The standard InChI is InChI=1S/C31H37N3O3/c1-31(2)17-25-29(27(35)18-31)30(22-9-5-4-6-10-22)34(26-12-8-7-11-24(26)33-25)20-28(36)32-19-21-13-15-23(37-3)16-14-21/h4-5,7-8,11-16,22,30,33H,6,9-10,17-20H2,1-3H3,(H,32,36)/t22-,30-/m1/s1. The van der Waals surface area contributed by atoms with Crippen LogP contribution >= 0.6 is 0 Å². The molecule has 0 bridgehead atoms. The maximum atomic E-state index is 13.7. The Kier molecular flexibility index (Phi) is 7.09. The number of ether oxygens (including phenoxy) is 1. The number of hydrogen-bond acceptors (Lipinski definition) is 5. The Morgan fingerprint density at radius 2 is 1.89 bits per heavy atom. The SMILES string of the molecule is COc1ccc(CNC(=O)CN2c3ccccc3NC3=C(C(=O)CC(C)(C)C3)[C@H]2[C@@H]2CC=CCC2)cc1. The van der Waals surface area contributed by atoms with Crippen LogP contribution < -0.4 is 20.3 Å². The molecule has 0 saturated carbocycles. The van der Waals surface area contributed by atoms with Gasteiger partial charge in [0, 0.05) is 24.2 Å². The largest absolute Gasteiger partial charge is 0.497 e. The van der Waals surface area contributed by atoms with E-state index in [1.807, 2.05) is 36.4 Å². The molecule has 2 aliphatic carbocycles. The lowest BCUT2D eigenvalue weighted by atomic mass is 9.71. The third kappa shape index (κ3) is 5.43. The molecule has 5 rings (SSSR count). The number of nitrogens with one attached hydrogen (secondary N) is 2. The number of para-hydroxylation sites is 2. The molecule has 194 valence electrons. The number of Topliss-reactive ketones (excluding diaryl/α,β-unsaturated/α-hetero) is 1. The van der Waals surface area contributed by atoms with Crippen molar-refractivity contribution in [2.45, 2.75) is 58.5 Å². The average molecular weight is 500 g/mol. The minimum atomic E-state index is -0.147. The van der Waals surface area contributed by atoms with E-state index in [4.69, 9.17) is 4.74 Å². The van der Waals surface area contributed by atoms with E-state index in [1.165, 1.54) is 0 Å². The second-order valence-corrected chi connectivity index (χ2v) is 11.2. The van der Waals surface area contributed by atoms with Gasteiger partial charge in [0.2, 0.25) is 5.91 Å². The van der Waals surface area contributed by atoms with Gasteiger partial charge in [-0.1, -0.05) is 50.3 Å². The highest BCUT2D eigenvalue weighted by Gasteiger charge is 2.43. The van der Waals surface area contributed by atoms with Crippen LogP contribution in [0.2, 0.25) is 0 Å². The molecule has 2 N–H and O–H groups in total. The number of ketones is 1. The minimum absolute atomic E-state index is 0.0605. The Bertz CT molecular complexity index is 1230. The number of anilines is 2. The molecule has 0 spiro atoms. The first kappa shape index (κ1) is 25.1. The monoisotopic (exact) mass is 499 g/mol. The molecule has 1 amide bonds. The van der Waals surface area contributed by atoms with Gasteiger partial charge in [0.1, 0.15) is 5.75 Å². The van der Waals surface area contributed by atoms with Gasteiger partial charge in [0.25, 0.3) is 0 Å².